The molecule has 4 N–H and O–H groups in total. The highest BCUT2D eigenvalue weighted by atomic mass is 16.1. The van der Waals surface area contributed by atoms with Crippen molar-refractivity contribution in [3.05, 3.63) is 76.2 Å². The minimum Gasteiger partial charge on any atom is -0.398 e. The van der Waals surface area contributed by atoms with E-state index in [-0.39, 0.29) is 22.7 Å². The standard InChI is InChI=1S/C27H32N2O2/c1-2-3-4-5-17-6-8-18(9-7-17)19-10-12-20(13-11-19)21-16-23(29)25-24(30)15-14-22(28)26(25)27(21)31/h10-18H,2-9,28-29H2,1H3/t17-,18-. The minimum absolute atomic E-state index is 0.223. The Kier molecular flexibility index (Phi) is 6.26. The van der Waals surface area contributed by atoms with Gasteiger partial charge < -0.3 is 11.5 Å². The van der Waals surface area contributed by atoms with Crippen LogP contribution in [0.15, 0.2) is 65.0 Å². The summed E-state index contributed by atoms with van der Waals surface area (Å²) in [6, 6.07) is 8.29. The number of hydrogen-bond donors (Lipinski definition) is 2. The number of fused-ring (bicyclic) bond motifs is 1. The van der Waals surface area contributed by atoms with Crippen molar-refractivity contribution in [2.24, 2.45) is 17.4 Å². The van der Waals surface area contributed by atoms with E-state index in [0.717, 1.165) is 11.5 Å². The van der Waals surface area contributed by atoms with Crippen molar-refractivity contribution in [3.8, 4) is 0 Å². The largest absolute Gasteiger partial charge is 0.398 e. The van der Waals surface area contributed by atoms with Gasteiger partial charge in [-0.25, -0.2) is 0 Å². The van der Waals surface area contributed by atoms with E-state index in [9.17, 15) is 9.59 Å². The van der Waals surface area contributed by atoms with E-state index in [4.69, 9.17) is 11.5 Å². The molecule has 1 aromatic carbocycles. The van der Waals surface area contributed by atoms with Crippen molar-refractivity contribution in [1.29, 1.82) is 0 Å². The molecule has 0 bridgehead atoms. The molecule has 0 unspecified atom stereocenters. The van der Waals surface area contributed by atoms with Crippen molar-refractivity contribution >= 4 is 17.1 Å². The van der Waals surface area contributed by atoms with E-state index in [1.807, 2.05) is 12.1 Å². The fourth-order valence-electron chi connectivity index (χ4n) is 5.18. The molecule has 0 heterocycles. The van der Waals surface area contributed by atoms with E-state index in [1.165, 1.54) is 69.1 Å². The fraction of sp³-hybridized carbons (Fsp3) is 0.407. The molecule has 0 amide bonds. The number of allylic oxidation sites excluding steroid dienone is 6. The molecule has 0 aromatic heterocycles. The second-order valence-electron chi connectivity index (χ2n) is 9.08. The van der Waals surface area contributed by atoms with Gasteiger partial charge in [0, 0.05) is 17.0 Å². The lowest BCUT2D eigenvalue weighted by atomic mass is 9.76. The fourth-order valence-corrected chi connectivity index (χ4v) is 5.18. The predicted octanol–water partition coefficient (Wildman–Crippen LogP) is 5.07. The van der Waals surface area contributed by atoms with Gasteiger partial charge in [0.2, 0.25) is 0 Å². The average Bonchev–Trinajstić information content (AvgIpc) is 2.78. The van der Waals surface area contributed by atoms with Crippen molar-refractivity contribution in [1.82, 2.24) is 0 Å². The van der Waals surface area contributed by atoms with Crippen LogP contribution in [0.4, 0.5) is 0 Å². The Morgan fingerprint density at radius 1 is 0.871 bits per heavy atom. The van der Waals surface area contributed by atoms with Gasteiger partial charge in [0.15, 0.2) is 11.6 Å². The SMILES string of the molecule is CCCCC[C@H]1CC[C@H](c2ccc(C3=CC(N)=C4C(=O)C=CC(N)=C4C3=O)cc2)CC1. The molecule has 31 heavy (non-hydrogen) atoms. The van der Waals surface area contributed by atoms with Crippen LogP contribution in [-0.2, 0) is 9.59 Å². The van der Waals surface area contributed by atoms with Gasteiger partial charge in [0.25, 0.3) is 0 Å². The molecule has 4 rings (SSSR count). The van der Waals surface area contributed by atoms with Gasteiger partial charge >= 0.3 is 0 Å². The number of ketones is 2. The average molecular weight is 417 g/mol. The number of nitrogens with two attached hydrogens (primary N) is 2. The first-order valence-electron chi connectivity index (χ1n) is 11.6. The van der Waals surface area contributed by atoms with Crippen LogP contribution in [0.2, 0.25) is 0 Å². The topological polar surface area (TPSA) is 86.2 Å². The molecule has 1 fully saturated rings. The highest BCUT2D eigenvalue weighted by molar-refractivity contribution is 6.36. The third-order valence-corrected chi connectivity index (χ3v) is 7.02. The van der Waals surface area contributed by atoms with Crippen molar-refractivity contribution in [2.75, 3.05) is 0 Å². The van der Waals surface area contributed by atoms with E-state index >= 15 is 0 Å². The van der Waals surface area contributed by atoms with Crippen LogP contribution in [0.3, 0.4) is 0 Å². The molecule has 3 aliphatic carbocycles. The highest BCUT2D eigenvalue weighted by Crippen LogP contribution is 2.39. The normalized spacial score (nSPS) is 23.8. The Balaban J connectivity index is 1.48. The number of carbonyl (C=O) groups excluding carboxylic acids is 2. The Hall–Kier alpha value is -2.88. The van der Waals surface area contributed by atoms with Crippen LogP contribution in [0, 0.1) is 5.92 Å². The molecule has 0 aliphatic heterocycles. The van der Waals surface area contributed by atoms with E-state index in [2.05, 4.69) is 19.1 Å². The summed E-state index contributed by atoms with van der Waals surface area (Å²) in [4.78, 5) is 25.3. The van der Waals surface area contributed by atoms with Crippen LogP contribution in [0.25, 0.3) is 5.57 Å². The molecule has 0 atom stereocenters. The number of carbonyl (C=O) groups is 2. The van der Waals surface area contributed by atoms with Gasteiger partial charge in [-0.05, 0) is 66.9 Å². The van der Waals surface area contributed by atoms with Crippen molar-refractivity contribution < 1.29 is 9.59 Å². The van der Waals surface area contributed by atoms with Gasteiger partial charge in [-0.3, -0.25) is 9.59 Å². The van der Waals surface area contributed by atoms with Gasteiger partial charge in [-0.15, -0.1) is 0 Å². The zero-order valence-electron chi connectivity index (χ0n) is 18.3. The summed E-state index contributed by atoms with van der Waals surface area (Å²) < 4.78 is 0. The van der Waals surface area contributed by atoms with Crippen LogP contribution < -0.4 is 11.5 Å². The first-order chi connectivity index (χ1) is 15.0. The van der Waals surface area contributed by atoms with E-state index in [1.54, 1.807) is 6.08 Å². The number of unbranched alkanes of at least 4 members (excludes halogenated alkanes) is 2. The molecule has 0 radical (unpaired) electrons. The first-order valence-corrected chi connectivity index (χ1v) is 11.6. The summed E-state index contributed by atoms with van der Waals surface area (Å²) in [5.41, 5.74) is 15.9. The Labute approximate surface area is 184 Å². The second-order valence-corrected chi connectivity index (χ2v) is 9.08. The molecule has 0 saturated heterocycles. The lowest BCUT2D eigenvalue weighted by Crippen LogP contribution is -2.26. The molecule has 0 spiro atoms. The van der Waals surface area contributed by atoms with Crippen LogP contribution in [0.1, 0.15) is 75.3 Å². The minimum atomic E-state index is -0.272. The van der Waals surface area contributed by atoms with E-state index in [0.29, 0.717) is 22.9 Å². The smallest absolute Gasteiger partial charge is 0.196 e. The summed E-state index contributed by atoms with van der Waals surface area (Å²) >= 11 is 0. The molecular formula is C27H32N2O2. The summed E-state index contributed by atoms with van der Waals surface area (Å²) in [6.07, 6.45) is 15.0. The number of benzene rings is 1. The molecule has 4 heteroatoms. The first kappa shape index (κ1) is 21.4. The zero-order chi connectivity index (χ0) is 22.0. The lowest BCUT2D eigenvalue weighted by molar-refractivity contribution is -0.113. The van der Waals surface area contributed by atoms with Crippen molar-refractivity contribution in [3.63, 3.8) is 0 Å². The van der Waals surface area contributed by atoms with E-state index < -0.39 is 0 Å². The number of Topliss-reactive ketones (excluding diaryl/α,β-unsaturated/α-hetero) is 1. The van der Waals surface area contributed by atoms with Crippen LogP contribution in [-0.4, -0.2) is 11.6 Å². The van der Waals surface area contributed by atoms with Gasteiger partial charge in [0.1, 0.15) is 0 Å². The molecule has 3 aliphatic rings. The van der Waals surface area contributed by atoms with Gasteiger partial charge in [0.05, 0.1) is 11.1 Å². The number of rotatable bonds is 6. The van der Waals surface area contributed by atoms with Crippen molar-refractivity contribution in [2.45, 2.75) is 64.2 Å². The maximum absolute atomic E-state index is 13.1. The molecular weight excluding hydrogens is 384 g/mol. The van der Waals surface area contributed by atoms with Crippen LogP contribution >= 0.6 is 0 Å². The maximum atomic E-state index is 13.1. The monoisotopic (exact) mass is 416 g/mol. The number of hydrogen-bond acceptors (Lipinski definition) is 4. The molecule has 4 nitrogen and oxygen atoms in total. The summed E-state index contributed by atoms with van der Waals surface area (Å²) in [5, 5.41) is 0. The van der Waals surface area contributed by atoms with Crippen LogP contribution in [0.5, 0.6) is 0 Å². The summed E-state index contributed by atoms with van der Waals surface area (Å²) in [5.74, 6) is 0.983. The lowest BCUT2D eigenvalue weighted by Gasteiger charge is -2.29. The molecule has 1 saturated carbocycles. The third-order valence-electron chi connectivity index (χ3n) is 7.02. The third kappa shape index (κ3) is 4.30. The Morgan fingerprint density at radius 3 is 2.26 bits per heavy atom. The van der Waals surface area contributed by atoms with Gasteiger partial charge in [-0.2, -0.15) is 0 Å². The van der Waals surface area contributed by atoms with Gasteiger partial charge in [-0.1, -0.05) is 56.9 Å². The molecule has 162 valence electrons. The maximum Gasteiger partial charge on any atom is 0.196 e. The Morgan fingerprint density at radius 2 is 1.58 bits per heavy atom. The quantitative estimate of drug-likeness (QED) is 0.634. The highest BCUT2D eigenvalue weighted by Gasteiger charge is 2.33. The summed E-state index contributed by atoms with van der Waals surface area (Å²) in [6.45, 7) is 2.26. The second kappa shape index (κ2) is 9.09. The predicted molar refractivity (Wildman–Crippen MR) is 125 cm³/mol. The molecule has 1 aromatic rings. The summed E-state index contributed by atoms with van der Waals surface area (Å²) in [7, 11) is 0. The zero-order valence-corrected chi connectivity index (χ0v) is 18.3. The Bertz CT molecular complexity index is 1000.